The van der Waals surface area contributed by atoms with Crippen molar-refractivity contribution in [2.75, 3.05) is 11.9 Å². The lowest BCUT2D eigenvalue weighted by molar-refractivity contribution is -0.118. The number of anilines is 1. The fourth-order valence-corrected chi connectivity index (χ4v) is 2.04. The SMILES string of the molecule is CC1CCNC1C(=O)Nc1nncs1. The second kappa shape index (κ2) is 4.02. The molecule has 2 unspecified atom stereocenters. The monoisotopic (exact) mass is 212 g/mol. The first-order valence-corrected chi connectivity index (χ1v) is 5.46. The first-order chi connectivity index (χ1) is 6.77. The van der Waals surface area contributed by atoms with E-state index < -0.39 is 0 Å². The summed E-state index contributed by atoms with van der Waals surface area (Å²) < 4.78 is 0. The molecule has 2 heterocycles. The summed E-state index contributed by atoms with van der Waals surface area (Å²) >= 11 is 1.33. The van der Waals surface area contributed by atoms with Crippen LogP contribution in [0, 0.1) is 5.92 Å². The number of rotatable bonds is 2. The van der Waals surface area contributed by atoms with Crippen LogP contribution >= 0.6 is 11.3 Å². The Balaban J connectivity index is 1.95. The number of hydrogen-bond acceptors (Lipinski definition) is 5. The van der Waals surface area contributed by atoms with Crippen molar-refractivity contribution in [3.63, 3.8) is 0 Å². The molecule has 1 aliphatic heterocycles. The van der Waals surface area contributed by atoms with Gasteiger partial charge in [0.1, 0.15) is 5.51 Å². The molecule has 1 fully saturated rings. The number of aromatic nitrogens is 2. The lowest BCUT2D eigenvalue weighted by Crippen LogP contribution is -2.39. The molecular weight excluding hydrogens is 200 g/mol. The van der Waals surface area contributed by atoms with E-state index in [1.165, 1.54) is 11.3 Å². The number of nitrogens with one attached hydrogen (secondary N) is 2. The highest BCUT2D eigenvalue weighted by Crippen LogP contribution is 2.16. The van der Waals surface area contributed by atoms with Gasteiger partial charge < -0.3 is 5.32 Å². The second-order valence-electron chi connectivity index (χ2n) is 3.43. The molecule has 1 amide bonds. The molecule has 0 aliphatic carbocycles. The van der Waals surface area contributed by atoms with Crippen molar-refractivity contribution < 1.29 is 4.79 Å². The molecule has 2 atom stereocenters. The van der Waals surface area contributed by atoms with E-state index >= 15 is 0 Å². The van der Waals surface area contributed by atoms with Gasteiger partial charge in [-0.05, 0) is 18.9 Å². The zero-order valence-electron chi connectivity index (χ0n) is 7.86. The van der Waals surface area contributed by atoms with Crippen molar-refractivity contribution in [2.24, 2.45) is 5.92 Å². The van der Waals surface area contributed by atoms with E-state index in [2.05, 4.69) is 27.8 Å². The minimum atomic E-state index is -0.0844. The quantitative estimate of drug-likeness (QED) is 0.748. The summed E-state index contributed by atoms with van der Waals surface area (Å²) in [7, 11) is 0. The Morgan fingerprint density at radius 3 is 3.21 bits per heavy atom. The van der Waals surface area contributed by atoms with Gasteiger partial charge in [-0.25, -0.2) is 0 Å². The van der Waals surface area contributed by atoms with Crippen LogP contribution in [-0.4, -0.2) is 28.7 Å². The molecule has 0 spiro atoms. The first-order valence-electron chi connectivity index (χ1n) is 4.58. The largest absolute Gasteiger partial charge is 0.306 e. The van der Waals surface area contributed by atoms with Crippen molar-refractivity contribution in [3.8, 4) is 0 Å². The third-order valence-electron chi connectivity index (χ3n) is 2.41. The van der Waals surface area contributed by atoms with Gasteiger partial charge in [-0.1, -0.05) is 18.3 Å². The predicted octanol–water partition coefficient (Wildman–Crippen LogP) is 0.475. The number of hydrogen-bond donors (Lipinski definition) is 2. The van der Waals surface area contributed by atoms with Crippen LogP contribution in [0.4, 0.5) is 5.13 Å². The lowest BCUT2D eigenvalue weighted by atomic mass is 10.0. The van der Waals surface area contributed by atoms with E-state index in [4.69, 9.17) is 0 Å². The zero-order valence-corrected chi connectivity index (χ0v) is 8.67. The number of carbonyl (C=O) groups excluding carboxylic acids is 1. The van der Waals surface area contributed by atoms with Crippen molar-refractivity contribution in [2.45, 2.75) is 19.4 Å². The van der Waals surface area contributed by atoms with Gasteiger partial charge in [0, 0.05) is 0 Å². The summed E-state index contributed by atoms with van der Waals surface area (Å²) in [6.07, 6.45) is 1.05. The topological polar surface area (TPSA) is 66.9 Å². The number of amides is 1. The molecule has 0 saturated carbocycles. The van der Waals surface area contributed by atoms with Crippen LogP contribution in [0.2, 0.25) is 0 Å². The van der Waals surface area contributed by atoms with Crippen molar-refractivity contribution in [1.29, 1.82) is 0 Å². The Hall–Kier alpha value is -1.01. The van der Waals surface area contributed by atoms with Gasteiger partial charge in [-0.15, -0.1) is 10.2 Å². The second-order valence-corrected chi connectivity index (χ2v) is 4.26. The van der Waals surface area contributed by atoms with Gasteiger partial charge in [0.2, 0.25) is 11.0 Å². The van der Waals surface area contributed by atoms with Crippen molar-refractivity contribution >= 4 is 22.4 Å². The molecule has 2 N–H and O–H groups in total. The standard InChI is InChI=1S/C8H12N4OS/c1-5-2-3-9-6(5)7(13)11-8-12-10-4-14-8/h4-6,9H,2-3H2,1H3,(H,11,12,13). The molecule has 0 bridgehead atoms. The van der Waals surface area contributed by atoms with Gasteiger partial charge in [0.05, 0.1) is 6.04 Å². The number of nitrogens with zero attached hydrogens (tertiary/aromatic N) is 2. The Morgan fingerprint density at radius 1 is 1.79 bits per heavy atom. The van der Waals surface area contributed by atoms with Crippen LogP contribution < -0.4 is 10.6 Å². The van der Waals surface area contributed by atoms with Gasteiger partial charge >= 0.3 is 0 Å². The van der Waals surface area contributed by atoms with Crippen LogP contribution in [0.3, 0.4) is 0 Å². The summed E-state index contributed by atoms with van der Waals surface area (Å²) in [5, 5.41) is 13.9. The predicted molar refractivity (Wildman–Crippen MR) is 54.1 cm³/mol. The van der Waals surface area contributed by atoms with Gasteiger partial charge in [0.25, 0.3) is 0 Å². The molecule has 6 heteroatoms. The Kier molecular flexibility index (Phi) is 2.74. The van der Waals surface area contributed by atoms with E-state index in [0.717, 1.165) is 13.0 Å². The Morgan fingerprint density at radius 2 is 2.64 bits per heavy atom. The summed E-state index contributed by atoms with van der Waals surface area (Å²) in [6, 6.07) is -0.0844. The molecule has 1 aliphatic rings. The van der Waals surface area contributed by atoms with E-state index in [-0.39, 0.29) is 11.9 Å². The van der Waals surface area contributed by atoms with Crippen molar-refractivity contribution in [1.82, 2.24) is 15.5 Å². The molecule has 2 rings (SSSR count). The fraction of sp³-hybridized carbons (Fsp3) is 0.625. The highest BCUT2D eigenvalue weighted by Gasteiger charge is 2.29. The minimum Gasteiger partial charge on any atom is -0.306 e. The van der Waals surface area contributed by atoms with Crippen LogP contribution in [0.15, 0.2) is 5.51 Å². The van der Waals surface area contributed by atoms with E-state index in [9.17, 15) is 4.79 Å². The molecule has 0 radical (unpaired) electrons. The molecular formula is C8H12N4OS. The molecule has 76 valence electrons. The van der Waals surface area contributed by atoms with Crippen molar-refractivity contribution in [3.05, 3.63) is 5.51 Å². The smallest absolute Gasteiger partial charge is 0.243 e. The normalized spacial score (nSPS) is 26.4. The summed E-state index contributed by atoms with van der Waals surface area (Å²) in [5.41, 5.74) is 1.60. The third kappa shape index (κ3) is 1.91. The summed E-state index contributed by atoms with van der Waals surface area (Å²) in [5.74, 6) is 0.384. The highest BCUT2D eigenvalue weighted by atomic mass is 32.1. The number of carbonyl (C=O) groups is 1. The van der Waals surface area contributed by atoms with Gasteiger partial charge in [0.15, 0.2) is 0 Å². The maximum absolute atomic E-state index is 11.7. The molecule has 1 saturated heterocycles. The molecule has 5 nitrogen and oxygen atoms in total. The van der Waals surface area contributed by atoms with Gasteiger partial charge in [-0.2, -0.15) is 0 Å². The molecule has 0 aromatic carbocycles. The molecule has 1 aromatic rings. The molecule has 14 heavy (non-hydrogen) atoms. The van der Waals surface area contributed by atoms with E-state index in [1.54, 1.807) is 5.51 Å². The fourth-order valence-electron chi connectivity index (χ4n) is 1.60. The van der Waals surface area contributed by atoms with Crippen LogP contribution in [0.25, 0.3) is 0 Å². The maximum atomic E-state index is 11.7. The van der Waals surface area contributed by atoms with Crippen LogP contribution in [-0.2, 0) is 4.79 Å². The summed E-state index contributed by atoms with van der Waals surface area (Å²) in [6.45, 7) is 2.99. The van der Waals surface area contributed by atoms with Gasteiger partial charge in [-0.3, -0.25) is 10.1 Å². The van der Waals surface area contributed by atoms with Crippen LogP contribution in [0.5, 0.6) is 0 Å². The molecule has 1 aromatic heterocycles. The Bertz CT molecular complexity index is 313. The summed E-state index contributed by atoms with van der Waals surface area (Å²) in [4.78, 5) is 11.7. The minimum absolute atomic E-state index is 0.00764. The highest BCUT2D eigenvalue weighted by molar-refractivity contribution is 7.13. The van der Waals surface area contributed by atoms with E-state index in [0.29, 0.717) is 11.0 Å². The third-order valence-corrected chi connectivity index (χ3v) is 3.01. The lowest BCUT2D eigenvalue weighted by Gasteiger charge is -2.13. The zero-order chi connectivity index (χ0) is 9.97. The average molecular weight is 212 g/mol. The van der Waals surface area contributed by atoms with Crippen LogP contribution in [0.1, 0.15) is 13.3 Å². The maximum Gasteiger partial charge on any atom is 0.243 e. The van der Waals surface area contributed by atoms with E-state index in [1.807, 2.05) is 0 Å². The average Bonchev–Trinajstić information content (AvgIpc) is 2.75. The first kappa shape index (κ1) is 9.54. The Labute approximate surface area is 85.9 Å².